The minimum atomic E-state index is -0.248. The molecule has 0 bridgehead atoms. The van der Waals surface area contributed by atoms with Gasteiger partial charge in [0.05, 0.1) is 11.9 Å². The summed E-state index contributed by atoms with van der Waals surface area (Å²) in [5.41, 5.74) is 2.81. The van der Waals surface area contributed by atoms with Gasteiger partial charge in [0.25, 0.3) is 0 Å². The van der Waals surface area contributed by atoms with Crippen LogP contribution in [0.4, 0.5) is 10.5 Å². The Kier molecular flexibility index (Phi) is 3.64. The van der Waals surface area contributed by atoms with Crippen molar-refractivity contribution in [1.29, 1.82) is 0 Å². The van der Waals surface area contributed by atoms with E-state index in [9.17, 15) is 4.79 Å². The van der Waals surface area contributed by atoms with Crippen molar-refractivity contribution >= 4 is 11.7 Å². The highest BCUT2D eigenvalue weighted by Gasteiger charge is 2.17. The van der Waals surface area contributed by atoms with Crippen LogP contribution in [-0.2, 0) is 13.0 Å². The lowest BCUT2D eigenvalue weighted by molar-refractivity contribution is 0.244. The molecule has 0 unspecified atom stereocenters. The van der Waals surface area contributed by atoms with E-state index in [0.29, 0.717) is 0 Å². The Balaban J connectivity index is 1.72. The second kappa shape index (κ2) is 5.48. The lowest BCUT2D eigenvalue weighted by Gasteiger charge is -2.20. The summed E-state index contributed by atoms with van der Waals surface area (Å²) in [7, 11) is 0. The van der Waals surface area contributed by atoms with E-state index in [2.05, 4.69) is 20.2 Å². The van der Waals surface area contributed by atoms with E-state index in [-0.39, 0.29) is 11.6 Å². The number of amides is 2. The van der Waals surface area contributed by atoms with E-state index in [1.807, 2.05) is 51.2 Å². The minimum Gasteiger partial charge on any atom is -0.333 e. The molecule has 1 aromatic heterocycles. The van der Waals surface area contributed by atoms with Gasteiger partial charge >= 0.3 is 6.03 Å². The molecule has 1 aliphatic rings. The Morgan fingerprint density at radius 1 is 1.23 bits per heavy atom. The van der Waals surface area contributed by atoms with E-state index >= 15 is 0 Å². The van der Waals surface area contributed by atoms with Crippen LogP contribution in [0, 0.1) is 0 Å². The molecule has 0 atom stereocenters. The van der Waals surface area contributed by atoms with Crippen molar-refractivity contribution in [3.05, 3.63) is 36.3 Å². The smallest absolute Gasteiger partial charge is 0.319 e. The van der Waals surface area contributed by atoms with Gasteiger partial charge in [-0.15, -0.1) is 0 Å². The number of carbonyl (C=O) groups is 1. The van der Waals surface area contributed by atoms with Crippen molar-refractivity contribution in [2.45, 2.75) is 45.7 Å². The average molecular weight is 298 g/mol. The quantitative estimate of drug-likeness (QED) is 0.892. The van der Waals surface area contributed by atoms with Gasteiger partial charge < -0.3 is 15.2 Å². The predicted molar refractivity (Wildman–Crippen MR) is 87.9 cm³/mol. The van der Waals surface area contributed by atoms with Gasteiger partial charge in [-0.05, 0) is 44.9 Å². The summed E-state index contributed by atoms with van der Waals surface area (Å²) in [6.07, 6.45) is 4.17. The van der Waals surface area contributed by atoms with Crippen LogP contribution in [0.2, 0.25) is 0 Å². The van der Waals surface area contributed by atoms with Gasteiger partial charge in [-0.1, -0.05) is 12.1 Å². The highest BCUT2D eigenvalue weighted by molar-refractivity contribution is 5.90. The molecule has 22 heavy (non-hydrogen) atoms. The molecule has 0 saturated heterocycles. The van der Waals surface area contributed by atoms with Crippen LogP contribution < -0.4 is 10.6 Å². The minimum absolute atomic E-state index is 0.189. The van der Waals surface area contributed by atoms with Crippen molar-refractivity contribution in [2.24, 2.45) is 0 Å². The number of hydrogen-bond acceptors (Lipinski definition) is 2. The molecule has 1 aromatic carbocycles. The molecule has 0 saturated carbocycles. The van der Waals surface area contributed by atoms with E-state index in [4.69, 9.17) is 0 Å². The van der Waals surface area contributed by atoms with E-state index < -0.39 is 0 Å². The molecular formula is C17H22N4O. The second-order valence-corrected chi connectivity index (χ2v) is 6.72. The van der Waals surface area contributed by atoms with Gasteiger partial charge in [0, 0.05) is 24.2 Å². The number of imidazole rings is 1. The molecule has 1 aliphatic heterocycles. The van der Waals surface area contributed by atoms with Crippen LogP contribution in [0.15, 0.2) is 30.5 Å². The lowest BCUT2D eigenvalue weighted by Crippen LogP contribution is -2.43. The lowest BCUT2D eigenvalue weighted by atomic mass is 10.1. The summed E-state index contributed by atoms with van der Waals surface area (Å²) in [6.45, 7) is 6.90. The molecule has 2 amide bonds. The van der Waals surface area contributed by atoms with Crippen LogP contribution >= 0.6 is 0 Å². The molecule has 5 heteroatoms. The first-order valence-corrected chi connectivity index (χ1v) is 7.66. The van der Waals surface area contributed by atoms with Crippen molar-refractivity contribution in [2.75, 3.05) is 5.32 Å². The van der Waals surface area contributed by atoms with Gasteiger partial charge in [0.15, 0.2) is 0 Å². The molecule has 2 heterocycles. The summed E-state index contributed by atoms with van der Waals surface area (Å²) < 4.78 is 2.27. The van der Waals surface area contributed by atoms with Gasteiger partial charge in [-0.3, -0.25) is 0 Å². The summed E-state index contributed by atoms with van der Waals surface area (Å²) in [5.74, 6) is 1.17. The molecule has 116 valence electrons. The molecule has 0 spiro atoms. The van der Waals surface area contributed by atoms with Crippen molar-refractivity contribution in [3.8, 4) is 11.3 Å². The van der Waals surface area contributed by atoms with Crippen molar-refractivity contribution in [1.82, 2.24) is 14.9 Å². The summed E-state index contributed by atoms with van der Waals surface area (Å²) in [6, 6.07) is 7.70. The van der Waals surface area contributed by atoms with Gasteiger partial charge in [-0.25, -0.2) is 9.78 Å². The number of aromatic nitrogens is 2. The molecule has 0 fully saturated rings. The van der Waals surface area contributed by atoms with Crippen LogP contribution in [0.3, 0.4) is 0 Å². The molecule has 2 aromatic rings. The maximum absolute atomic E-state index is 11.9. The molecular weight excluding hydrogens is 276 g/mol. The monoisotopic (exact) mass is 298 g/mol. The molecule has 0 radical (unpaired) electrons. The molecule has 3 rings (SSSR count). The summed E-state index contributed by atoms with van der Waals surface area (Å²) in [4.78, 5) is 16.3. The average Bonchev–Trinajstić information content (AvgIpc) is 3.00. The zero-order valence-electron chi connectivity index (χ0n) is 13.3. The van der Waals surface area contributed by atoms with Crippen molar-refractivity contribution in [3.63, 3.8) is 0 Å². The first-order chi connectivity index (χ1) is 10.4. The number of fused-ring (bicyclic) bond motifs is 1. The first kappa shape index (κ1) is 14.6. The molecule has 5 nitrogen and oxygen atoms in total. The SMILES string of the molecule is CC(C)(C)NC(=O)Nc1ccc(-c2cnc3n2CCC3)cc1. The maximum atomic E-state index is 11.9. The molecule has 0 aliphatic carbocycles. The van der Waals surface area contributed by atoms with Gasteiger partial charge in [0.2, 0.25) is 0 Å². The Labute approximate surface area is 130 Å². The number of hydrogen-bond donors (Lipinski definition) is 2. The van der Waals surface area contributed by atoms with Crippen LogP contribution in [0.1, 0.15) is 33.0 Å². The van der Waals surface area contributed by atoms with Crippen molar-refractivity contribution < 1.29 is 4.79 Å². The fourth-order valence-corrected chi connectivity index (χ4v) is 2.72. The fourth-order valence-electron chi connectivity index (χ4n) is 2.72. The van der Waals surface area contributed by atoms with E-state index in [1.165, 1.54) is 12.2 Å². The van der Waals surface area contributed by atoms with Gasteiger partial charge in [0.1, 0.15) is 5.82 Å². The van der Waals surface area contributed by atoms with Gasteiger partial charge in [-0.2, -0.15) is 0 Å². The number of aryl methyl sites for hydroxylation is 1. The normalized spacial score (nSPS) is 13.8. The number of anilines is 1. The van der Waals surface area contributed by atoms with E-state index in [0.717, 1.165) is 29.9 Å². The first-order valence-electron chi connectivity index (χ1n) is 7.66. The predicted octanol–water partition coefficient (Wildman–Crippen LogP) is 3.42. The number of nitrogens with one attached hydrogen (secondary N) is 2. The molecule has 2 N–H and O–H groups in total. The Morgan fingerprint density at radius 3 is 2.64 bits per heavy atom. The Bertz CT molecular complexity index is 680. The maximum Gasteiger partial charge on any atom is 0.319 e. The summed E-state index contributed by atoms with van der Waals surface area (Å²) >= 11 is 0. The van der Waals surface area contributed by atoms with Crippen LogP contribution in [0.5, 0.6) is 0 Å². The third-order valence-corrected chi connectivity index (χ3v) is 3.65. The Hall–Kier alpha value is -2.30. The second-order valence-electron chi connectivity index (χ2n) is 6.72. The zero-order chi connectivity index (χ0) is 15.7. The fraction of sp³-hybridized carbons (Fsp3) is 0.412. The van der Waals surface area contributed by atoms with E-state index in [1.54, 1.807) is 0 Å². The number of benzene rings is 1. The number of rotatable bonds is 2. The highest BCUT2D eigenvalue weighted by atomic mass is 16.2. The largest absolute Gasteiger partial charge is 0.333 e. The summed E-state index contributed by atoms with van der Waals surface area (Å²) in [5, 5.41) is 5.73. The number of carbonyl (C=O) groups excluding carboxylic acids is 1. The number of urea groups is 1. The third-order valence-electron chi connectivity index (χ3n) is 3.65. The number of nitrogens with zero attached hydrogens (tertiary/aromatic N) is 2. The Morgan fingerprint density at radius 2 is 1.95 bits per heavy atom. The standard InChI is InChI=1S/C17H22N4O/c1-17(2,3)20-16(22)19-13-8-6-12(7-9-13)14-11-18-15-5-4-10-21(14)15/h6-9,11H,4-5,10H2,1-3H3,(H2,19,20,22). The zero-order valence-corrected chi connectivity index (χ0v) is 13.3. The highest BCUT2D eigenvalue weighted by Crippen LogP contribution is 2.26. The van der Waals surface area contributed by atoms with Crippen LogP contribution in [0.25, 0.3) is 11.3 Å². The van der Waals surface area contributed by atoms with Crippen LogP contribution in [-0.4, -0.2) is 21.1 Å². The topological polar surface area (TPSA) is 59.0 Å². The third kappa shape index (κ3) is 3.13.